The van der Waals surface area contributed by atoms with Gasteiger partial charge in [0.1, 0.15) is 0 Å². The molecule has 0 amide bonds. The molecule has 1 aliphatic heterocycles. The Labute approximate surface area is 183 Å². The van der Waals surface area contributed by atoms with E-state index in [0.717, 1.165) is 11.1 Å². The molecule has 0 spiro atoms. The zero-order chi connectivity index (χ0) is 21.5. The number of halogens is 1. The number of aromatic nitrogens is 1. The van der Waals surface area contributed by atoms with E-state index in [1.54, 1.807) is 30.5 Å². The van der Waals surface area contributed by atoms with Gasteiger partial charge >= 0.3 is 0 Å². The smallest absolute Gasteiger partial charge is 0.231 e. The van der Waals surface area contributed by atoms with Crippen LogP contribution in [0, 0.1) is 6.92 Å². The molecular weight excluding hydrogens is 414 g/mol. The highest BCUT2D eigenvalue weighted by Gasteiger charge is 2.21. The zero-order valence-corrected chi connectivity index (χ0v) is 17.5. The molecule has 0 saturated heterocycles. The minimum atomic E-state index is -0.328. The third-order valence-corrected chi connectivity index (χ3v) is 5.65. The summed E-state index contributed by atoms with van der Waals surface area (Å²) < 4.78 is 12.9. The number of benzene rings is 3. The summed E-state index contributed by atoms with van der Waals surface area (Å²) in [6, 6.07) is 18.1. The van der Waals surface area contributed by atoms with Crippen LogP contribution in [0.4, 0.5) is 0 Å². The van der Waals surface area contributed by atoms with Crippen molar-refractivity contribution in [1.29, 1.82) is 0 Å². The number of pyridine rings is 1. The lowest BCUT2D eigenvalue weighted by Crippen LogP contribution is -2.20. The lowest BCUT2D eigenvalue weighted by atomic mass is 10.0. The highest BCUT2D eigenvalue weighted by atomic mass is 35.5. The molecule has 0 N–H and O–H groups in total. The third kappa shape index (κ3) is 3.57. The molecule has 0 fully saturated rings. The number of hydrogen-bond donors (Lipinski definition) is 0. The van der Waals surface area contributed by atoms with E-state index in [4.69, 9.17) is 21.1 Å². The predicted molar refractivity (Wildman–Crippen MR) is 119 cm³/mol. The Morgan fingerprint density at radius 1 is 1.00 bits per heavy atom. The predicted octanol–water partition coefficient (Wildman–Crippen LogP) is 4.97. The topological polar surface area (TPSA) is 57.5 Å². The van der Waals surface area contributed by atoms with E-state index in [2.05, 4.69) is 0 Å². The van der Waals surface area contributed by atoms with Gasteiger partial charge in [0, 0.05) is 29.4 Å². The average Bonchev–Trinajstić information content (AvgIpc) is 3.24. The standard InChI is InChI=1S/C25H18ClNO4/c1-15-2-6-17(7-3-15)24(28)20-13-27(12-16-4-8-18(26)9-5-16)21-11-23-22(30-14-31-23)10-19(21)25(20)29/h2-11,13H,12,14H2,1H3. The van der Waals surface area contributed by atoms with Crippen molar-refractivity contribution in [3.63, 3.8) is 0 Å². The van der Waals surface area contributed by atoms with Gasteiger partial charge in [-0.2, -0.15) is 0 Å². The number of hydrogen-bond acceptors (Lipinski definition) is 4. The van der Waals surface area contributed by atoms with Gasteiger partial charge in [0.25, 0.3) is 0 Å². The van der Waals surface area contributed by atoms with E-state index in [-0.39, 0.29) is 23.6 Å². The molecule has 31 heavy (non-hydrogen) atoms. The van der Waals surface area contributed by atoms with Crippen LogP contribution in [-0.4, -0.2) is 17.1 Å². The summed E-state index contributed by atoms with van der Waals surface area (Å²) in [5, 5.41) is 1.06. The Kier molecular flexibility index (Phi) is 4.75. The van der Waals surface area contributed by atoms with Crippen molar-refractivity contribution in [2.75, 3.05) is 6.79 Å². The van der Waals surface area contributed by atoms with Crippen LogP contribution < -0.4 is 14.9 Å². The fourth-order valence-corrected chi connectivity index (χ4v) is 3.85. The average molecular weight is 432 g/mol. The Balaban J connectivity index is 1.70. The van der Waals surface area contributed by atoms with E-state index in [9.17, 15) is 9.59 Å². The Hall–Kier alpha value is -3.57. The summed E-state index contributed by atoms with van der Waals surface area (Å²) >= 11 is 6.02. The number of carbonyl (C=O) groups excluding carboxylic acids is 1. The maximum atomic E-state index is 13.3. The molecule has 5 nitrogen and oxygen atoms in total. The number of rotatable bonds is 4. The lowest BCUT2D eigenvalue weighted by molar-refractivity contribution is 0.103. The van der Waals surface area contributed by atoms with Gasteiger partial charge in [0.2, 0.25) is 12.2 Å². The Morgan fingerprint density at radius 2 is 1.68 bits per heavy atom. The minimum Gasteiger partial charge on any atom is -0.454 e. The molecule has 0 aliphatic carbocycles. The number of fused-ring (bicyclic) bond motifs is 2. The molecule has 1 aromatic heterocycles. The summed E-state index contributed by atoms with van der Waals surface area (Å²) in [4.78, 5) is 26.5. The van der Waals surface area contributed by atoms with Crippen molar-refractivity contribution in [2.45, 2.75) is 13.5 Å². The number of ketones is 1. The van der Waals surface area contributed by atoms with Crippen LogP contribution >= 0.6 is 11.6 Å². The summed E-state index contributed by atoms with van der Waals surface area (Å²) in [6.45, 7) is 2.51. The van der Waals surface area contributed by atoms with E-state index in [1.807, 2.05) is 47.9 Å². The van der Waals surface area contributed by atoms with E-state index >= 15 is 0 Å². The molecule has 0 atom stereocenters. The molecular formula is C25H18ClNO4. The lowest BCUT2D eigenvalue weighted by Gasteiger charge is -2.14. The van der Waals surface area contributed by atoms with Crippen LogP contribution in [0.2, 0.25) is 5.02 Å². The largest absolute Gasteiger partial charge is 0.454 e. The van der Waals surface area contributed by atoms with Gasteiger partial charge < -0.3 is 14.0 Å². The fourth-order valence-electron chi connectivity index (χ4n) is 3.72. The van der Waals surface area contributed by atoms with E-state index < -0.39 is 0 Å². The van der Waals surface area contributed by atoms with Crippen molar-refractivity contribution >= 4 is 28.3 Å². The van der Waals surface area contributed by atoms with Crippen molar-refractivity contribution in [3.05, 3.63) is 104 Å². The first-order valence-corrected chi connectivity index (χ1v) is 10.2. The van der Waals surface area contributed by atoms with Crippen LogP contribution in [0.15, 0.2) is 71.7 Å². The van der Waals surface area contributed by atoms with E-state index in [0.29, 0.717) is 39.5 Å². The molecule has 3 aromatic carbocycles. The van der Waals surface area contributed by atoms with Gasteiger partial charge in [0.05, 0.1) is 16.5 Å². The number of ether oxygens (including phenoxy) is 2. The van der Waals surface area contributed by atoms with Gasteiger partial charge in [-0.3, -0.25) is 9.59 Å². The highest BCUT2D eigenvalue weighted by molar-refractivity contribution is 6.30. The molecule has 1 aliphatic rings. The SMILES string of the molecule is Cc1ccc(C(=O)c2cn(Cc3ccc(Cl)cc3)c3cc4c(cc3c2=O)OCO4)cc1. The third-order valence-electron chi connectivity index (χ3n) is 5.40. The summed E-state index contributed by atoms with van der Waals surface area (Å²) in [6.07, 6.45) is 1.63. The van der Waals surface area contributed by atoms with Crippen LogP contribution in [0.25, 0.3) is 10.9 Å². The molecule has 154 valence electrons. The second-order valence-electron chi connectivity index (χ2n) is 7.54. The first-order chi connectivity index (χ1) is 15.0. The molecule has 0 radical (unpaired) electrons. The number of carbonyl (C=O) groups is 1. The molecule has 4 aromatic rings. The highest BCUT2D eigenvalue weighted by Crippen LogP contribution is 2.35. The van der Waals surface area contributed by atoms with Gasteiger partial charge in [-0.05, 0) is 30.7 Å². The summed E-state index contributed by atoms with van der Waals surface area (Å²) in [7, 11) is 0. The van der Waals surface area contributed by atoms with Gasteiger partial charge in [-0.25, -0.2) is 0 Å². The molecule has 2 heterocycles. The fraction of sp³-hybridized carbons (Fsp3) is 0.120. The van der Waals surface area contributed by atoms with Crippen LogP contribution in [0.5, 0.6) is 11.5 Å². The number of nitrogens with zero attached hydrogens (tertiary/aromatic N) is 1. The Bertz CT molecular complexity index is 1370. The van der Waals surface area contributed by atoms with Crippen molar-refractivity contribution in [2.24, 2.45) is 0 Å². The van der Waals surface area contributed by atoms with Crippen LogP contribution in [-0.2, 0) is 6.54 Å². The maximum Gasteiger partial charge on any atom is 0.231 e. The van der Waals surface area contributed by atoms with Crippen molar-refractivity contribution in [1.82, 2.24) is 4.57 Å². The molecule has 5 rings (SSSR count). The first kappa shape index (κ1) is 19.4. The van der Waals surface area contributed by atoms with E-state index in [1.165, 1.54) is 0 Å². The van der Waals surface area contributed by atoms with Crippen LogP contribution in [0.1, 0.15) is 27.0 Å². The second-order valence-corrected chi connectivity index (χ2v) is 7.98. The second kappa shape index (κ2) is 7.60. The summed E-state index contributed by atoms with van der Waals surface area (Å²) in [5.74, 6) is 0.770. The van der Waals surface area contributed by atoms with Crippen molar-refractivity contribution in [3.8, 4) is 11.5 Å². The summed E-state index contributed by atoms with van der Waals surface area (Å²) in [5.41, 5.74) is 2.96. The van der Waals surface area contributed by atoms with Crippen LogP contribution in [0.3, 0.4) is 0 Å². The zero-order valence-electron chi connectivity index (χ0n) is 16.7. The normalized spacial score (nSPS) is 12.3. The van der Waals surface area contributed by atoms with Gasteiger partial charge in [-0.15, -0.1) is 0 Å². The number of aryl methyl sites for hydroxylation is 1. The molecule has 0 saturated carbocycles. The van der Waals surface area contributed by atoms with Gasteiger partial charge in [-0.1, -0.05) is 53.6 Å². The quantitative estimate of drug-likeness (QED) is 0.428. The Morgan fingerprint density at radius 3 is 2.39 bits per heavy atom. The molecule has 6 heteroatoms. The monoisotopic (exact) mass is 431 g/mol. The van der Waals surface area contributed by atoms with Crippen molar-refractivity contribution < 1.29 is 14.3 Å². The maximum absolute atomic E-state index is 13.3. The molecule has 0 bridgehead atoms. The minimum absolute atomic E-state index is 0.103. The van der Waals surface area contributed by atoms with Gasteiger partial charge in [0.15, 0.2) is 17.3 Å². The molecule has 0 unspecified atom stereocenters. The first-order valence-electron chi connectivity index (χ1n) is 9.82.